The molecule has 0 bridgehead atoms. The molecule has 212 valence electrons. The Morgan fingerprint density at radius 3 is 1.93 bits per heavy atom. The molecule has 0 aliphatic rings. The minimum Gasteiger partial charge on any atom is -0.309 e. The summed E-state index contributed by atoms with van der Waals surface area (Å²) in [7, 11) is 0. The maximum Gasteiger partial charge on any atom is 0.0552 e. The van der Waals surface area contributed by atoms with Gasteiger partial charge < -0.3 is 9.47 Å². The third-order valence-corrected chi connectivity index (χ3v) is 9.65. The van der Waals surface area contributed by atoms with Crippen LogP contribution in [0.5, 0.6) is 0 Å². The maximum atomic E-state index is 3.94. The van der Waals surface area contributed by atoms with Crippen LogP contribution in [-0.4, -0.2) is 4.57 Å². The Morgan fingerprint density at radius 2 is 1.07 bits per heavy atom. The number of benzene rings is 8. The van der Waals surface area contributed by atoms with Crippen LogP contribution in [0.15, 0.2) is 168 Å². The summed E-state index contributed by atoms with van der Waals surface area (Å²) >= 11 is 3.94. The molecule has 0 spiro atoms. The molecule has 0 atom stereocenters. The number of fused-ring (bicyclic) bond motifs is 7. The average molecular weight is 640 g/mol. The lowest BCUT2D eigenvalue weighted by Gasteiger charge is -2.28. The molecule has 0 saturated heterocycles. The molecule has 2 nitrogen and oxygen atoms in total. The Bertz CT molecular complexity index is 2560. The minimum absolute atomic E-state index is 1.10. The summed E-state index contributed by atoms with van der Waals surface area (Å²) in [6.45, 7) is 0. The Hall–Kier alpha value is -5.38. The van der Waals surface area contributed by atoms with Crippen molar-refractivity contribution < 1.29 is 0 Å². The molecule has 0 N–H and O–H groups in total. The van der Waals surface area contributed by atoms with Crippen LogP contribution in [0.3, 0.4) is 0 Å². The van der Waals surface area contributed by atoms with Gasteiger partial charge in [-0.05, 0) is 76.1 Å². The molecule has 3 heteroatoms. The van der Waals surface area contributed by atoms with Crippen LogP contribution in [0.25, 0.3) is 59.8 Å². The van der Waals surface area contributed by atoms with Crippen molar-refractivity contribution >= 4 is 87.1 Å². The molecule has 0 radical (unpaired) electrons. The van der Waals surface area contributed by atoms with Gasteiger partial charge in [0, 0.05) is 37.4 Å². The summed E-state index contributed by atoms with van der Waals surface area (Å²) in [5.74, 6) is 0. The minimum atomic E-state index is 1.10. The molecule has 0 saturated carbocycles. The first-order chi connectivity index (χ1) is 22.3. The molecule has 1 heterocycles. The van der Waals surface area contributed by atoms with Crippen molar-refractivity contribution in [2.45, 2.75) is 0 Å². The molecule has 0 fully saturated rings. The molecule has 45 heavy (non-hydrogen) atoms. The van der Waals surface area contributed by atoms with Gasteiger partial charge in [-0.25, -0.2) is 0 Å². The van der Waals surface area contributed by atoms with Crippen LogP contribution in [0.1, 0.15) is 0 Å². The zero-order valence-electron chi connectivity index (χ0n) is 24.4. The molecule has 8 aromatic carbocycles. The van der Waals surface area contributed by atoms with E-state index < -0.39 is 0 Å². The lowest BCUT2D eigenvalue weighted by molar-refractivity contribution is 1.18. The quantitative estimate of drug-likeness (QED) is 0.186. The van der Waals surface area contributed by atoms with Crippen LogP contribution in [0.4, 0.5) is 17.1 Å². The van der Waals surface area contributed by atoms with Crippen molar-refractivity contribution in [2.75, 3.05) is 4.90 Å². The number of aromatic nitrogens is 1. The van der Waals surface area contributed by atoms with Crippen LogP contribution in [0, 0.1) is 0 Å². The fourth-order valence-electron chi connectivity index (χ4n) is 7.03. The van der Waals surface area contributed by atoms with Gasteiger partial charge in [0.05, 0.1) is 22.4 Å². The molecular weight excluding hydrogens is 612 g/mol. The Balaban J connectivity index is 1.39. The summed E-state index contributed by atoms with van der Waals surface area (Å²) in [5.41, 5.74) is 6.96. The van der Waals surface area contributed by atoms with E-state index >= 15 is 0 Å². The Labute approximate surface area is 269 Å². The molecular formula is C42H27BrN2. The van der Waals surface area contributed by atoms with Crippen molar-refractivity contribution in [3.05, 3.63) is 168 Å². The summed E-state index contributed by atoms with van der Waals surface area (Å²) in [6.07, 6.45) is 0. The maximum absolute atomic E-state index is 3.94. The van der Waals surface area contributed by atoms with Gasteiger partial charge >= 0.3 is 0 Å². The predicted molar refractivity (Wildman–Crippen MR) is 196 cm³/mol. The highest BCUT2D eigenvalue weighted by Crippen LogP contribution is 2.46. The highest BCUT2D eigenvalue weighted by Gasteiger charge is 2.21. The molecule has 0 amide bonds. The van der Waals surface area contributed by atoms with Gasteiger partial charge in [0.25, 0.3) is 0 Å². The fourth-order valence-corrected chi connectivity index (χ4v) is 7.59. The standard InChI is InChI=1S/C42H27BrN2/c43-36-19-10-22-39-42(36)41-35-18-9-21-38(34(35)25-26-40(41)44(39)31-15-2-1-3-16-31)45(32-24-23-28-11-4-5-13-30(28)27-32)37-20-8-14-29-12-6-7-17-33(29)37/h1-27H. The van der Waals surface area contributed by atoms with E-state index in [4.69, 9.17) is 0 Å². The monoisotopic (exact) mass is 638 g/mol. The van der Waals surface area contributed by atoms with Gasteiger partial charge in [0.2, 0.25) is 0 Å². The van der Waals surface area contributed by atoms with Gasteiger partial charge in [0.15, 0.2) is 0 Å². The van der Waals surface area contributed by atoms with E-state index in [1.165, 1.54) is 54.1 Å². The molecule has 9 rings (SSSR count). The van der Waals surface area contributed by atoms with E-state index in [2.05, 4.69) is 189 Å². The van der Waals surface area contributed by atoms with E-state index in [1.807, 2.05) is 0 Å². The molecule has 0 unspecified atom stereocenters. The first kappa shape index (κ1) is 26.1. The lowest BCUT2D eigenvalue weighted by Crippen LogP contribution is -2.11. The van der Waals surface area contributed by atoms with Crippen molar-refractivity contribution in [1.29, 1.82) is 0 Å². The molecule has 9 aromatic rings. The highest BCUT2D eigenvalue weighted by molar-refractivity contribution is 9.10. The first-order valence-electron chi connectivity index (χ1n) is 15.2. The zero-order valence-corrected chi connectivity index (χ0v) is 25.9. The zero-order chi connectivity index (χ0) is 29.9. The molecule has 1 aromatic heterocycles. The first-order valence-corrected chi connectivity index (χ1v) is 16.0. The smallest absolute Gasteiger partial charge is 0.0552 e. The fraction of sp³-hybridized carbons (Fsp3) is 0. The summed E-state index contributed by atoms with van der Waals surface area (Å²) < 4.78 is 3.48. The normalized spacial score (nSPS) is 11.7. The number of hydrogen-bond donors (Lipinski definition) is 0. The Morgan fingerprint density at radius 1 is 0.422 bits per heavy atom. The van der Waals surface area contributed by atoms with Gasteiger partial charge in [-0.3, -0.25) is 0 Å². The second kappa shape index (κ2) is 10.4. The number of rotatable bonds is 4. The number of hydrogen-bond acceptors (Lipinski definition) is 1. The van der Waals surface area contributed by atoms with Gasteiger partial charge in [-0.2, -0.15) is 0 Å². The molecule has 0 aliphatic heterocycles. The number of halogens is 1. The van der Waals surface area contributed by atoms with Crippen molar-refractivity contribution in [3.8, 4) is 5.69 Å². The summed E-state index contributed by atoms with van der Waals surface area (Å²) in [5, 5.41) is 9.79. The number of nitrogens with zero attached hydrogens (tertiary/aromatic N) is 2. The summed E-state index contributed by atoms with van der Waals surface area (Å²) in [4.78, 5) is 2.44. The van der Waals surface area contributed by atoms with Gasteiger partial charge in [-0.1, -0.05) is 125 Å². The van der Waals surface area contributed by atoms with E-state index in [1.54, 1.807) is 0 Å². The van der Waals surface area contributed by atoms with Gasteiger partial charge in [-0.15, -0.1) is 0 Å². The van der Waals surface area contributed by atoms with E-state index in [9.17, 15) is 0 Å². The lowest BCUT2D eigenvalue weighted by atomic mass is 10.00. The van der Waals surface area contributed by atoms with Gasteiger partial charge in [0.1, 0.15) is 0 Å². The van der Waals surface area contributed by atoms with Crippen LogP contribution in [0.2, 0.25) is 0 Å². The average Bonchev–Trinajstić information content (AvgIpc) is 3.45. The van der Waals surface area contributed by atoms with E-state index in [-0.39, 0.29) is 0 Å². The van der Waals surface area contributed by atoms with Crippen molar-refractivity contribution in [1.82, 2.24) is 4.57 Å². The third-order valence-electron chi connectivity index (χ3n) is 8.99. The predicted octanol–water partition coefficient (Wildman–Crippen LogP) is 12.5. The topological polar surface area (TPSA) is 8.17 Å². The molecule has 0 aliphatic carbocycles. The largest absolute Gasteiger partial charge is 0.309 e. The second-order valence-corrected chi connectivity index (χ2v) is 12.4. The number of para-hydroxylation sites is 1. The second-order valence-electron chi connectivity index (χ2n) is 11.5. The SMILES string of the molecule is Brc1cccc2c1c1c3cccc(N(c4ccc5ccccc5c4)c4cccc5ccccc45)c3ccc1n2-c1ccccc1. The van der Waals surface area contributed by atoms with Crippen LogP contribution in [-0.2, 0) is 0 Å². The van der Waals surface area contributed by atoms with E-state index in [0.717, 1.165) is 27.2 Å². The van der Waals surface area contributed by atoms with Crippen LogP contribution >= 0.6 is 15.9 Å². The van der Waals surface area contributed by atoms with Crippen LogP contribution < -0.4 is 4.90 Å². The van der Waals surface area contributed by atoms with Crippen molar-refractivity contribution in [3.63, 3.8) is 0 Å². The third kappa shape index (κ3) is 4.08. The summed E-state index contributed by atoms with van der Waals surface area (Å²) in [6, 6.07) is 59.1. The van der Waals surface area contributed by atoms with E-state index in [0.29, 0.717) is 0 Å². The highest BCUT2D eigenvalue weighted by atomic mass is 79.9. The number of anilines is 3. The van der Waals surface area contributed by atoms with Crippen molar-refractivity contribution in [2.24, 2.45) is 0 Å². The Kier molecular flexibility index (Phi) is 6.00.